The molecule has 0 amide bonds. The predicted octanol–water partition coefficient (Wildman–Crippen LogP) is 2.57. The molecule has 1 unspecified atom stereocenters. The molecule has 2 nitrogen and oxygen atoms in total. The monoisotopic (exact) mass is 258 g/mol. The van der Waals surface area contributed by atoms with Crippen molar-refractivity contribution >= 4 is 27.7 Å². The first kappa shape index (κ1) is 9.49. The first-order valence-electron chi connectivity index (χ1n) is 4.33. The van der Waals surface area contributed by atoms with Gasteiger partial charge in [-0.05, 0) is 46.8 Å². The lowest BCUT2D eigenvalue weighted by atomic mass is 10.3. The molecule has 0 bridgehead atoms. The normalized spacial score (nSPS) is 23.0. The van der Waals surface area contributed by atoms with Gasteiger partial charge < -0.3 is 5.32 Å². The van der Waals surface area contributed by atoms with Crippen molar-refractivity contribution in [1.82, 2.24) is 10.3 Å². The van der Waals surface area contributed by atoms with E-state index in [2.05, 4.69) is 32.3 Å². The fraction of sp³-hybridized carbons (Fsp3) is 0.444. The third-order valence-electron chi connectivity index (χ3n) is 1.95. The third-order valence-corrected chi connectivity index (χ3v) is 3.69. The molecule has 1 aliphatic rings. The van der Waals surface area contributed by atoms with Crippen LogP contribution in [0.4, 0.5) is 0 Å². The molecule has 13 heavy (non-hydrogen) atoms. The van der Waals surface area contributed by atoms with Gasteiger partial charge in [-0.3, -0.25) is 4.98 Å². The van der Waals surface area contributed by atoms with Crippen LogP contribution in [0.3, 0.4) is 0 Å². The van der Waals surface area contributed by atoms with Gasteiger partial charge in [-0.1, -0.05) is 0 Å². The number of thioether (sulfide) groups is 1. The molecule has 0 saturated carbocycles. The molecule has 0 spiro atoms. The van der Waals surface area contributed by atoms with Crippen molar-refractivity contribution in [3.63, 3.8) is 0 Å². The summed E-state index contributed by atoms with van der Waals surface area (Å²) < 4.78 is 1.04. The van der Waals surface area contributed by atoms with Crippen molar-refractivity contribution in [1.29, 1.82) is 0 Å². The molecule has 2 rings (SSSR count). The van der Waals surface area contributed by atoms with Crippen LogP contribution in [0.2, 0.25) is 0 Å². The van der Waals surface area contributed by atoms with Crippen LogP contribution < -0.4 is 5.32 Å². The zero-order chi connectivity index (χ0) is 9.10. The Bertz CT molecular complexity index is 269. The standard InChI is InChI=1S/C9H11BrN2S/c10-7-2-3-8(12-6-7)9-11-4-1-5-13-9/h2-3,6,9,11H,1,4-5H2. The maximum Gasteiger partial charge on any atom is 0.0962 e. The van der Waals surface area contributed by atoms with Crippen LogP contribution in [0.5, 0.6) is 0 Å². The summed E-state index contributed by atoms with van der Waals surface area (Å²) in [7, 11) is 0. The van der Waals surface area contributed by atoms with Crippen LogP contribution in [-0.2, 0) is 0 Å². The molecule has 1 aromatic rings. The summed E-state index contributed by atoms with van der Waals surface area (Å²) in [4.78, 5) is 4.37. The van der Waals surface area contributed by atoms with Crippen LogP contribution in [0.25, 0.3) is 0 Å². The van der Waals surface area contributed by atoms with E-state index in [-0.39, 0.29) is 0 Å². The van der Waals surface area contributed by atoms with Gasteiger partial charge in [0.25, 0.3) is 0 Å². The van der Waals surface area contributed by atoms with Gasteiger partial charge in [0.1, 0.15) is 0 Å². The minimum atomic E-state index is 0.391. The first-order chi connectivity index (χ1) is 6.36. The topological polar surface area (TPSA) is 24.9 Å². The summed E-state index contributed by atoms with van der Waals surface area (Å²) in [5.74, 6) is 1.23. The number of aromatic nitrogens is 1. The van der Waals surface area contributed by atoms with Gasteiger partial charge in [0.05, 0.1) is 11.1 Å². The Morgan fingerprint density at radius 1 is 1.54 bits per heavy atom. The van der Waals surface area contributed by atoms with E-state index in [9.17, 15) is 0 Å². The van der Waals surface area contributed by atoms with Crippen molar-refractivity contribution in [3.05, 3.63) is 28.5 Å². The largest absolute Gasteiger partial charge is 0.300 e. The van der Waals surface area contributed by atoms with Crippen molar-refractivity contribution in [3.8, 4) is 0 Å². The van der Waals surface area contributed by atoms with Crippen LogP contribution in [-0.4, -0.2) is 17.3 Å². The van der Waals surface area contributed by atoms with Crippen LogP contribution in [0.15, 0.2) is 22.8 Å². The van der Waals surface area contributed by atoms with Crippen LogP contribution in [0.1, 0.15) is 17.5 Å². The molecular formula is C9H11BrN2S. The quantitative estimate of drug-likeness (QED) is 0.839. The predicted molar refractivity (Wildman–Crippen MR) is 59.8 cm³/mol. The Kier molecular flexibility index (Phi) is 3.24. The number of pyridine rings is 1. The second-order valence-electron chi connectivity index (χ2n) is 2.96. The van der Waals surface area contributed by atoms with Crippen LogP contribution >= 0.6 is 27.7 Å². The second kappa shape index (κ2) is 4.44. The lowest BCUT2D eigenvalue weighted by molar-refractivity contribution is 0.632. The summed E-state index contributed by atoms with van der Waals surface area (Å²) >= 11 is 5.31. The number of nitrogens with zero attached hydrogens (tertiary/aromatic N) is 1. The number of hydrogen-bond acceptors (Lipinski definition) is 3. The summed E-state index contributed by atoms with van der Waals surface area (Å²) in [6.07, 6.45) is 3.11. The summed E-state index contributed by atoms with van der Waals surface area (Å²) in [6, 6.07) is 4.11. The molecule has 0 radical (unpaired) electrons. The number of hydrogen-bond donors (Lipinski definition) is 1. The SMILES string of the molecule is Brc1ccc(C2NCCCS2)nc1. The Hall–Kier alpha value is -0.0600. The zero-order valence-electron chi connectivity index (χ0n) is 7.16. The molecule has 1 fully saturated rings. The van der Waals surface area contributed by atoms with Gasteiger partial charge in [0.15, 0.2) is 0 Å². The highest BCUT2D eigenvalue weighted by Crippen LogP contribution is 2.28. The average Bonchev–Trinajstić information content (AvgIpc) is 2.20. The molecule has 0 aliphatic carbocycles. The Labute approximate surface area is 90.6 Å². The Morgan fingerprint density at radius 2 is 2.46 bits per heavy atom. The maximum atomic E-state index is 4.37. The summed E-state index contributed by atoms with van der Waals surface area (Å²) in [5, 5.41) is 3.83. The molecule has 4 heteroatoms. The van der Waals surface area contributed by atoms with E-state index >= 15 is 0 Å². The van der Waals surface area contributed by atoms with E-state index in [1.807, 2.05) is 24.0 Å². The van der Waals surface area contributed by atoms with E-state index in [1.54, 1.807) is 0 Å². The van der Waals surface area contributed by atoms with Crippen molar-refractivity contribution in [2.75, 3.05) is 12.3 Å². The summed E-state index contributed by atoms with van der Waals surface area (Å²) in [5.41, 5.74) is 1.13. The van der Waals surface area contributed by atoms with Gasteiger partial charge in [-0.15, -0.1) is 11.8 Å². The second-order valence-corrected chi connectivity index (χ2v) is 5.09. The molecule has 1 atom stereocenters. The van der Waals surface area contributed by atoms with E-state index in [1.165, 1.54) is 12.2 Å². The minimum Gasteiger partial charge on any atom is -0.300 e. The third kappa shape index (κ3) is 2.45. The molecule has 0 aromatic carbocycles. The molecular weight excluding hydrogens is 248 g/mol. The molecule has 70 valence electrons. The summed E-state index contributed by atoms with van der Waals surface area (Å²) in [6.45, 7) is 1.11. The molecule has 2 heterocycles. The van der Waals surface area contributed by atoms with Crippen molar-refractivity contribution in [2.24, 2.45) is 0 Å². The molecule has 1 aromatic heterocycles. The number of rotatable bonds is 1. The zero-order valence-corrected chi connectivity index (χ0v) is 9.57. The van der Waals surface area contributed by atoms with Gasteiger partial charge >= 0.3 is 0 Å². The highest BCUT2D eigenvalue weighted by molar-refractivity contribution is 9.10. The lowest BCUT2D eigenvalue weighted by Gasteiger charge is -2.22. The van der Waals surface area contributed by atoms with E-state index in [4.69, 9.17) is 0 Å². The van der Waals surface area contributed by atoms with E-state index < -0.39 is 0 Å². The van der Waals surface area contributed by atoms with Gasteiger partial charge in [-0.25, -0.2) is 0 Å². The fourth-order valence-electron chi connectivity index (χ4n) is 1.30. The van der Waals surface area contributed by atoms with Gasteiger partial charge in [0.2, 0.25) is 0 Å². The van der Waals surface area contributed by atoms with Gasteiger partial charge in [0, 0.05) is 10.7 Å². The van der Waals surface area contributed by atoms with Gasteiger partial charge in [-0.2, -0.15) is 0 Å². The number of halogens is 1. The van der Waals surface area contributed by atoms with E-state index in [0.717, 1.165) is 16.7 Å². The fourth-order valence-corrected chi connectivity index (χ4v) is 2.62. The molecule has 1 N–H and O–H groups in total. The van der Waals surface area contributed by atoms with Crippen molar-refractivity contribution < 1.29 is 0 Å². The first-order valence-corrected chi connectivity index (χ1v) is 6.17. The lowest BCUT2D eigenvalue weighted by Crippen LogP contribution is -2.25. The smallest absolute Gasteiger partial charge is 0.0962 e. The minimum absolute atomic E-state index is 0.391. The highest BCUT2D eigenvalue weighted by Gasteiger charge is 2.15. The average molecular weight is 259 g/mol. The molecule has 1 aliphatic heterocycles. The van der Waals surface area contributed by atoms with E-state index in [0.29, 0.717) is 5.37 Å². The Balaban J connectivity index is 2.10. The number of nitrogens with one attached hydrogen (secondary N) is 1. The maximum absolute atomic E-state index is 4.37. The molecule has 1 saturated heterocycles. The Morgan fingerprint density at radius 3 is 3.08 bits per heavy atom. The highest BCUT2D eigenvalue weighted by atomic mass is 79.9. The van der Waals surface area contributed by atoms with Crippen molar-refractivity contribution in [2.45, 2.75) is 11.8 Å². The van der Waals surface area contributed by atoms with Crippen LogP contribution in [0, 0.1) is 0 Å².